The van der Waals surface area contributed by atoms with Crippen molar-refractivity contribution in [3.63, 3.8) is 0 Å². The molecule has 3 N–H and O–H groups in total. The zero-order chi connectivity index (χ0) is 20.1. The van der Waals surface area contributed by atoms with Crippen molar-refractivity contribution in [1.82, 2.24) is 0 Å². The van der Waals surface area contributed by atoms with Gasteiger partial charge < -0.3 is 15.3 Å². The van der Waals surface area contributed by atoms with Crippen molar-refractivity contribution in [2.45, 2.75) is 40.6 Å². The van der Waals surface area contributed by atoms with Gasteiger partial charge in [-0.2, -0.15) is 0 Å². The van der Waals surface area contributed by atoms with Crippen LogP contribution in [0.5, 0.6) is 0 Å². The molecule has 0 aliphatic carbocycles. The van der Waals surface area contributed by atoms with Crippen molar-refractivity contribution >= 4 is 0 Å². The third-order valence-corrected chi connectivity index (χ3v) is 4.00. The Morgan fingerprint density at radius 1 is 0.556 bits per heavy atom. The van der Waals surface area contributed by atoms with E-state index in [4.69, 9.17) is 15.3 Å². The van der Waals surface area contributed by atoms with Crippen LogP contribution in [0.25, 0.3) is 0 Å². The number of aliphatic hydroxyl groups is 3. The van der Waals surface area contributed by atoms with Crippen LogP contribution in [0, 0.1) is 20.8 Å². The molecule has 0 saturated heterocycles. The third-order valence-electron chi connectivity index (χ3n) is 4.00. The molecule has 3 heteroatoms. The van der Waals surface area contributed by atoms with Crippen LogP contribution in [0.15, 0.2) is 72.8 Å². The second-order valence-corrected chi connectivity index (χ2v) is 6.38. The molecule has 0 saturated carbocycles. The quantitative estimate of drug-likeness (QED) is 0.641. The zero-order valence-corrected chi connectivity index (χ0v) is 16.4. The first-order valence-electron chi connectivity index (χ1n) is 8.98. The predicted octanol–water partition coefficient (Wildman–Crippen LogP) is 4.46. The Kier molecular flexibility index (Phi) is 10.7. The highest BCUT2D eigenvalue weighted by Gasteiger charge is 1.90. The highest BCUT2D eigenvalue weighted by atomic mass is 16.3. The van der Waals surface area contributed by atoms with Gasteiger partial charge in [0.05, 0.1) is 19.8 Å². The first-order valence-corrected chi connectivity index (χ1v) is 8.98. The van der Waals surface area contributed by atoms with Crippen LogP contribution in [-0.4, -0.2) is 15.3 Å². The van der Waals surface area contributed by atoms with E-state index in [2.05, 4.69) is 0 Å². The molecule has 144 valence electrons. The molecule has 0 aliphatic rings. The number of rotatable bonds is 3. The Labute approximate surface area is 162 Å². The Hall–Kier alpha value is -2.46. The molecule has 3 rings (SSSR count). The van der Waals surface area contributed by atoms with E-state index < -0.39 is 0 Å². The van der Waals surface area contributed by atoms with Crippen molar-refractivity contribution in [3.05, 3.63) is 106 Å². The van der Waals surface area contributed by atoms with Gasteiger partial charge >= 0.3 is 0 Å². The predicted molar refractivity (Wildman–Crippen MR) is 111 cm³/mol. The van der Waals surface area contributed by atoms with E-state index in [9.17, 15) is 0 Å². The molecule has 0 bridgehead atoms. The van der Waals surface area contributed by atoms with E-state index in [0.29, 0.717) is 0 Å². The van der Waals surface area contributed by atoms with E-state index >= 15 is 0 Å². The molecule has 0 radical (unpaired) electrons. The van der Waals surface area contributed by atoms with Gasteiger partial charge in [-0.3, -0.25) is 0 Å². The maximum absolute atomic E-state index is 8.72. The number of benzene rings is 3. The fourth-order valence-corrected chi connectivity index (χ4v) is 2.29. The van der Waals surface area contributed by atoms with Gasteiger partial charge in [-0.05, 0) is 43.0 Å². The molecule has 0 unspecified atom stereocenters. The lowest BCUT2D eigenvalue weighted by atomic mass is 10.1. The standard InChI is InChI=1S/3C8H10O/c1-7-2-4-8(6-9)5-3-7;1-7-3-2-4-8(5-7)6-9;1-7-4-2-3-5-8(7)6-9/h3*2-5,9H,6H2,1H3. The van der Waals surface area contributed by atoms with Crippen LogP contribution in [-0.2, 0) is 19.8 Å². The van der Waals surface area contributed by atoms with Gasteiger partial charge in [0.2, 0.25) is 0 Å². The molecule has 0 spiro atoms. The van der Waals surface area contributed by atoms with Crippen LogP contribution in [0.2, 0.25) is 0 Å². The van der Waals surface area contributed by atoms with Crippen molar-refractivity contribution in [2.24, 2.45) is 0 Å². The van der Waals surface area contributed by atoms with Crippen molar-refractivity contribution in [1.29, 1.82) is 0 Å². The summed E-state index contributed by atoms with van der Waals surface area (Å²) >= 11 is 0. The minimum atomic E-state index is 0.139. The molecule has 0 amide bonds. The monoisotopic (exact) mass is 366 g/mol. The second kappa shape index (κ2) is 12.8. The minimum Gasteiger partial charge on any atom is -0.392 e. The SMILES string of the molecule is Cc1ccc(CO)cc1.Cc1cccc(CO)c1.Cc1ccccc1CO. The molecule has 0 aromatic heterocycles. The lowest BCUT2D eigenvalue weighted by Gasteiger charge is -1.97. The Morgan fingerprint density at radius 3 is 1.63 bits per heavy atom. The fraction of sp³-hybridized carbons (Fsp3) is 0.250. The Balaban J connectivity index is 0.000000202. The molecular weight excluding hydrogens is 336 g/mol. The van der Waals surface area contributed by atoms with E-state index in [1.54, 1.807) is 0 Å². The number of aliphatic hydroxyl groups excluding tert-OH is 3. The smallest absolute Gasteiger partial charge is 0.0684 e. The fourth-order valence-electron chi connectivity index (χ4n) is 2.29. The topological polar surface area (TPSA) is 60.7 Å². The zero-order valence-electron chi connectivity index (χ0n) is 16.4. The maximum Gasteiger partial charge on any atom is 0.0684 e. The maximum atomic E-state index is 8.72. The summed E-state index contributed by atoms with van der Waals surface area (Å²) in [5, 5.41) is 26.0. The summed E-state index contributed by atoms with van der Waals surface area (Å²) in [4.78, 5) is 0. The number of hydrogen-bond acceptors (Lipinski definition) is 3. The molecule has 3 nitrogen and oxygen atoms in total. The average Bonchev–Trinajstić information content (AvgIpc) is 2.70. The van der Waals surface area contributed by atoms with E-state index in [1.807, 2.05) is 93.6 Å². The summed E-state index contributed by atoms with van der Waals surface area (Å²) in [5.41, 5.74) is 6.54. The van der Waals surface area contributed by atoms with E-state index in [0.717, 1.165) is 22.3 Å². The van der Waals surface area contributed by atoms with Crippen molar-refractivity contribution < 1.29 is 15.3 Å². The molecule has 3 aromatic rings. The van der Waals surface area contributed by atoms with Gasteiger partial charge in [0.1, 0.15) is 0 Å². The van der Waals surface area contributed by atoms with Gasteiger partial charge in [0, 0.05) is 0 Å². The van der Waals surface area contributed by atoms with Crippen LogP contribution >= 0.6 is 0 Å². The lowest BCUT2D eigenvalue weighted by Crippen LogP contribution is -1.85. The first-order chi connectivity index (χ1) is 13.0. The summed E-state index contributed by atoms with van der Waals surface area (Å²) in [7, 11) is 0. The Morgan fingerprint density at radius 2 is 1.19 bits per heavy atom. The van der Waals surface area contributed by atoms with Crippen LogP contribution in [0.1, 0.15) is 33.4 Å². The van der Waals surface area contributed by atoms with Crippen LogP contribution < -0.4 is 0 Å². The first kappa shape index (κ1) is 22.6. The number of aryl methyl sites for hydroxylation is 3. The highest BCUT2D eigenvalue weighted by molar-refractivity contribution is 5.24. The summed E-state index contributed by atoms with van der Waals surface area (Å²) < 4.78 is 0. The summed E-state index contributed by atoms with van der Waals surface area (Å²) in [6.07, 6.45) is 0. The van der Waals surface area contributed by atoms with Gasteiger partial charge in [-0.15, -0.1) is 0 Å². The molecule has 27 heavy (non-hydrogen) atoms. The minimum absolute atomic E-state index is 0.139. The highest BCUT2D eigenvalue weighted by Crippen LogP contribution is 2.05. The summed E-state index contributed by atoms with van der Waals surface area (Å²) in [6.45, 7) is 6.46. The number of hydrogen-bond donors (Lipinski definition) is 3. The lowest BCUT2D eigenvalue weighted by molar-refractivity contribution is 0.281. The van der Waals surface area contributed by atoms with Gasteiger partial charge in [-0.25, -0.2) is 0 Å². The van der Waals surface area contributed by atoms with Crippen molar-refractivity contribution in [2.75, 3.05) is 0 Å². The van der Waals surface area contributed by atoms with Crippen LogP contribution in [0.3, 0.4) is 0 Å². The molecule has 3 aromatic carbocycles. The second-order valence-electron chi connectivity index (χ2n) is 6.38. The molecular formula is C24H30O3. The summed E-state index contributed by atoms with van der Waals surface area (Å²) in [6, 6.07) is 23.5. The Bertz CT molecular complexity index is 780. The van der Waals surface area contributed by atoms with Gasteiger partial charge in [0.25, 0.3) is 0 Å². The van der Waals surface area contributed by atoms with Crippen LogP contribution in [0.4, 0.5) is 0 Å². The largest absolute Gasteiger partial charge is 0.392 e. The molecule has 0 heterocycles. The van der Waals surface area contributed by atoms with Gasteiger partial charge in [-0.1, -0.05) is 83.9 Å². The normalized spacial score (nSPS) is 9.56. The average molecular weight is 367 g/mol. The van der Waals surface area contributed by atoms with Crippen molar-refractivity contribution in [3.8, 4) is 0 Å². The molecule has 0 aliphatic heterocycles. The van der Waals surface area contributed by atoms with E-state index in [-0.39, 0.29) is 19.8 Å². The molecule has 0 atom stereocenters. The molecule has 0 fully saturated rings. The summed E-state index contributed by atoms with van der Waals surface area (Å²) in [5.74, 6) is 0. The van der Waals surface area contributed by atoms with Gasteiger partial charge in [0.15, 0.2) is 0 Å². The third kappa shape index (κ3) is 9.15. The van der Waals surface area contributed by atoms with E-state index in [1.165, 1.54) is 11.1 Å².